The molecule has 0 aliphatic heterocycles. The van der Waals surface area contributed by atoms with Gasteiger partial charge in [0.05, 0.1) is 5.41 Å². The van der Waals surface area contributed by atoms with Gasteiger partial charge in [-0.1, -0.05) is 18.9 Å². The molecule has 1 rings (SSSR count). The van der Waals surface area contributed by atoms with Crippen molar-refractivity contribution in [2.75, 3.05) is 0 Å². The Bertz CT molecular complexity index is 716. The summed E-state index contributed by atoms with van der Waals surface area (Å²) in [6.07, 6.45) is 8.92. The van der Waals surface area contributed by atoms with Gasteiger partial charge in [-0.2, -0.15) is 0 Å². The van der Waals surface area contributed by atoms with Crippen LogP contribution in [0.2, 0.25) is 0 Å². The first kappa shape index (κ1) is 26.2. The molecule has 0 atom stereocenters. The molecular formula is C26H42O4. The second kappa shape index (κ2) is 11.5. The minimum atomic E-state index is -0.710. The average molecular weight is 419 g/mol. The van der Waals surface area contributed by atoms with Crippen LogP contribution in [0.5, 0.6) is 0 Å². The number of ether oxygens (including phenoxy) is 1. The van der Waals surface area contributed by atoms with Crippen LogP contribution in [0.15, 0.2) is 6.07 Å². The lowest BCUT2D eigenvalue weighted by atomic mass is 9.86. The predicted molar refractivity (Wildman–Crippen MR) is 123 cm³/mol. The Morgan fingerprint density at radius 2 is 1.53 bits per heavy atom. The number of rotatable bonds is 14. The molecule has 0 spiro atoms. The molecule has 0 bridgehead atoms. The molecule has 0 fully saturated rings. The van der Waals surface area contributed by atoms with Crippen LogP contribution < -0.4 is 0 Å². The zero-order chi connectivity index (χ0) is 22.9. The Morgan fingerprint density at radius 1 is 0.933 bits per heavy atom. The van der Waals surface area contributed by atoms with E-state index in [-0.39, 0.29) is 5.60 Å². The third-order valence-electron chi connectivity index (χ3n) is 6.52. The van der Waals surface area contributed by atoms with Crippen molar-refractivity contribution in [2.45, 2.75) is 112 Å². The Labute approximate surface area is 183 Å². The maximum Gasteiger partial charge on any atom is 0.309 e. The number of hydrogen-bond donors (Lipinski definition) is 1. The molecule has 1 aromatic carbocycles. The number of carbonyl (C=O) groups excluding carboxylic acids is 1. The van der Waals surface area contributed by atoms with Crippen LogP contribution in [0.3, 0.4) is 0 Å². The third-order valence-corrected chi connectivity index (χ3v) is 6.52. The molecule has 0 amide bonds. The molecule has 4 heteroatoms. The van der Waals surface area contributed by atoms with Crippen molar-refractivity contribution in [1.82, 2.24) is 0 Å². The highest BCUT2D eigenvalue weighted by Gasteiger charge is 2.26. The van der Waals surface area contributed by atoms with Crippen LogP contribution in [-0.2, 0) is 27.2 Å². The number of hydrogen-bond acceptors (Lipinski definition) is 3. The topological polar surface area (TPSA) is 63.6 Å². The quantitative estimate of drug-likeness (QED) is 0.277. The second-order valence-corrected chi connectivity index (χ2v) is 10.0. The maximum atomic E-state index is 11.2. The number of carbonyl (C=O) groups is 2. The normalized spacial score (nSPS) is 12.1. The van der Waals surface area contributed by atoms with Gasteiger partial charge in [-0.3, -0.25) is 9.59 Å². The number of carboxylic acid groups (broad SMARTS) is 1. The molecule has 0 saturated carbocycles. The number of aryl methyl sites for hydroxylation is 2. The van der Waals surface area contributed by atoms with E-state index in [2.05, 4.69) is 26.8 Å². The molecule has 1 aromatic rings. The van der Waals surface area contributed by atoms with Crippen molar-refractivity contribution < 1.29 is 19.4 Å². The first-order valence-corrected chi connectivity index (χ1v) is 11.3. The van der Waals surface area contributed by atoms with E-state index < -0.39 is 11.4 Å². The van der Waals surface area contributed by atoms with Gasteiger partial charge in [0.2, 0.25) is 0 Å². The summed E-state index contributed by atoms with van der Waals surface area (Å²) < 4.78 is 5.14. The number of unbranched alkanes of at least 4 members (excludes halogenated alkanes) is 3. The molecule has 170 valence electrons. The highest BCUT2D eigenvalue weighted by Crippen LogP contribution is 2.28. The Morgan fingerprint density at radius 3 is 2.13 bits per heavy atom. The van der Waals surface area contributed by atoms with Gasteiger partial charge in [-0.15, -0.1) is 0 Å². The minimum Gasteiger partial charge on any atom is -0.481 e. The van der Waals surface area contributed by atoms with Crippen LogP contribution in [0.1, 0.15) is 100 Å². The van der Waals surface area contributed by atoms with E-state index in [4.69, 9.17) is 4.74 Å². The van der Waals surface area contributed by atoms with Crippen molar-refractivity contribution in [3.05, 3.63) is 33.9 Å². The molecule has 0 aliphatic rings. The van der Waals surface area contributed by atoms with E-state index in [1.165, 1.54) is 27.8 Å². The Hall–Kier alpha value is -1.84. The molecule has 1 N–H and O–H groups in total. The lowest BCUT2D eigenvalue weighted by Crippen LogP contribution is -2.23. The summed E-state index contributed by atoms with van der Waals surface area (Å²) in [4.78, 5) is 21.8. The summed E-state index contributed by atoms with van der Waals surface area (Å²) in [6.45, 7) is 14.7. The second-order valence-electron chi connectivity index (χ2n) is 10.0. The average Bonchev–Trinajstić information content (AvgIpc) is 2.64. The Kier molecular flexibility index (Phi) is 10.1. The van der Waals surface area contributed by atoms with Crippen molar-refractivity contribution in [3.8, 4) is 0 Å². The lowest BCUT2D eigenvalue weighted by Gasteiger charge is -2.22. The zero-order valence-electron chi connectivity index (χ0n) is 20.2. The largest absolute Gasteiger partial charge is 0.481 e. The first-order valence-electron chi connectivity index (χ1n) is 11.3. The van der Waals surface area contributed by atoms with Crippen molar-refractivity contribution in [1.29, 1.82) is 0 Å². The summed E-state index contributed by atoms with van der Waals surface area (Å²) in [5.74, 6) is -0.710. The van der Waals surface area contributed by atoms with Gasteiger partial charge in [0.15, 0.2) is 0 Å². The summed E-state index contributed by atoms with van der Waals surface area (Å²) in [7, 11) is 0. The summed E-state index contributed by atoms with van der Waals surface area (Å²) in [6, 6.07) is 2.33. The van der Waals surface area contributed by atoms with E-state index in [1.54, 1.807) is 0 Å². The van der Waals surface area contributed by atoms with Gasteiger partial charge in [0.25, 0.3) is 6.47 Å². The zero-order valence-corrected chi connectivity index (χ0v) is 20.2. The van der Waals surface area contributed by atoms with Crippen LogP contribution in [0.4, 0.5) is 0 Å². The SMILES string of the molecule is Cc1cc(CCCCC(C)(C)OC=O)c(C)c(CCCCCC(C)(C)C(=O)O)c1C. The van der Waals surface area contributed by atoms with Gasteiger partial charge in [0, 0.05) is 0 Å². The standard InChI is InChI=1S/C26H42O4/c1-19-17-22(13-10-12-16-26(6,7)30-18-27)21(3)23(20(19)2)14-9-8-11-15-25(4,5)24(28)29/h17-18H,8-16H2,1-7H3,(H,28,29). The van der Waals surface area contributed by atoms with E-state index in [0.717, 1.165) is 57.8 Å². The van der Waals surface area contributed by atoms with Crippen LogP contribution >= 0.6 is 0 Å². The molecule has 30 heavy (non-hydrogen) atoms. The fourth-order valence-electron chi connectivity index (χ4n) is 4.03. The minimum absolute atomic E-state index is 0.389. The van der Waals surface area contributed by atoms with Gasteiger partial charge in [0.1, 0.15) is 5.60 Å². The molecule has 0 radical (unpaired) electrons. The van der Waals surface area contributed by atoms with Gasteiger partial charge >= 0.3 is 5.97 Å². The summed E-state index contributed by atoms with van der Waals surface area (Å²) in [5, 5.41) is 9.25. The fourth-order valence-corrected chi connectivity index (χ4v) is 4.03. The molecular weight excluding hydrogens is 376 g/mol. The highest BCUT2D eigenvalue weighted by molar-refractivity contribution is 5.73. The van der Waals surface area contributed by atoms with E-state index in [1.807, 2.05) is 27.7 Å². The van der Waals surface area contributed by atoms with Crippen LogP contribution in [0, 0.1) is 26.2 Å². The van der Waals surface area contributed by atoms with Crippen LogP contribution in [0.25, 0.3) is 0 Å². The molecule has 4 nitrogen and oxygen atoms in total. The molecule has 0 aliphatic carbocycles. The molecule has 0 saturated heterocycles. The van der Waals surface area contributed by atoms with Gasteiger partial charge in [-0.25, -0.2) is 0 Å². The fraction of sp³-hybridized carbons (Fsp3) is 0.692. The Balaban J connectivity index is 2.63. The third kappa shape index (κ3) is 8.12. The highest BCUT2D eigenvalue weighted by atomic mass is 16.5. The monoisotopic (exact) mass is 418 g/mol. The van der Waals surface area contributed by atoms with Gasteiger partial charge < -0.3 is 9.84 Å². The number of benzene rings is 1. The van der Waals surface area contributed by atoms with Crippen molar-refractivity contribution in [3.63, 3.8) is 0 Å². The van der Waals surface area contributed by atoms with E-state index >= 15 is 0 Å². The number of aliphatic carboxylic acids is 1. The molecule has 0 aromatic heterocycles. The summed E-state index contributed by atoms with van der Waals surface area (Å²) in [5.41, 5.74) is 6.02. The predicted octanol–water partition coefficient (Wildman–Crippen LogP) is 6.49. The summed E-state index contributed by atoms with van der Waals surface area (Å²) >= 11 is 0. The van der Waals surface area contributed by atoms with Crippen molar-refractivity contribution >= 4 is 12.4 Å². The number of carboxylic acids is 1. The van der Waals surface area contributed by atoms with E-state index in [9.17, 15) is 14.7 Å². The maximum absolute atomic E-state index is 11.2. The molecule has 0 heterocycles. The lowest BCUT2D eigenvalue weighted by molar-refractivity contribution is -0.147. The molecule has 0 unspecified atom stereocenters. The van der Waals surface area contributed by atoms with Gasteiger partial charge in [-0.05, 0) is 121 Å². The van der Waals surface area contributed by atoms with Crippen LogP contribution in [-0.4, -0.2) is 23.1 Å². The van der Waals surface area contributed by atoms with E-state index in [0.29, 0.717) is 6.47 Å². The first-order chi connectivity index (χ1) is 13.9. The smallest absolute Gasteiger partial charge is 0.309 e. The van der Waals surface area contributed by atoms with Crippen molar-refractivity contribution in [2.24, 2.45) is 5.41 Å².